The van der Waals surface area contributed by atoms with E-state index in [9.17, 15) is 9.59 Å². The number of benzene rings is 3. The average Bonchev–Trinajstić information content (AvgIpc) is 3.30. The van der Waals surface area contributed by atoms with Gasteiger partial charge in [0.2, 0.25) is 5.89 Å². The van der Waals surface area contributed by atoms with Gasteiger partial charge in [-0.25, -0.2) is 4.79 Å². The van der Waals surface area contributed by atoms with Crippen molar-refractivity contribution in [3.63, 3.8) is 0 Å². The summed E-state index contributed by atoms with van der Waals surface area (Å²) in [6, 6.07) is 23.7. The van der Waals surface area contributed by atoms with Crippen molar-refractivity contribution in [2.75, 3.05) is 11.9 Å². The van der Waals surface area contributed by atoms with Gasteiger partial charge in [0.15, 0.2) is 6.61 Å². The lowest BCUT2D eigenvalue weighted by molar-refractivity contribution is -0.119. The summed E-state index contributed by atoms with van der Waals surface area (Å²) in [4.78, 5) is 24.7. The number of para-hydroxylation sites is 1. The van der Waals surface area contributed by atoms with Crippen LogP contribution in [0.15, 0.2) is 83.3 Å². The Morgan fingerprint density at radius 1 is 0.939 bits per heavy atom. The van der Waals surface area contributed by atoms with Crippen molar-refractivity contribution in [3.05, 3.63) is 95.6 Å². The maximum atomic E-state index is 12.5. The Bertz CT molecular complexity index is 1250. The van der Waals surface area contributed by atoms with Crippen molar-refractivity contribution in [2.45, 2.75) is 13.5 Å². The first kappa shape index (κ1) is 21.8. The quantitative estimate of drug-likeness (QED) is 0.402. The normalized spacial score (nSPS) is 10.5. The summed E-state index contributed by atoms with van der Waals surface area (Å²) in [6.07, 6.45) is 0. The van der Waals surface area contributed by atoms with Gasteiger partial charge in [0.1, 0.15) is 17.9 Å². The smallest absolute Gasteiger partial charge is 0.342 e. The first-order valence-electron chi connectivity index (χ1n) is 10.2. The maximum absolute atomic E-state index is 12.5. The van der Waals surface area contributed by atoms with E-state index in [4.69, 9.17) is 13.9 Å². The van der Waals surface area contributed by atoms with E-state index in [0.717, 1.165) is 16.7 Å². The monoisotopic (exact) mass is 443 g/mol. The van der Waals surface area contributed by atoms with Crippen molar-refractivity contribution in [3.8, 4) is 17.2 Å². The minimum atomic E-state index is -0.680. The molecule has 0 unspecified atom stereocenters. The van der Waals surface area contributed by atoms with E-state index in [1.807, 2.05) is 49.4 Å². The van der Waals surface area contributed by atoms with Crippen LogP contribution in [0.1, 0.15) is 21.5 Å². The van der Waals surface area contributed by atoms with E-state index in [1.165, 1.54) is 0 Å². The summed E-state index contributed by atoms with van der Waals surface area (Å²) in [7, 11) is 0. The van der Waals surface area contributed by atoms with Gasteiger partial charge in [0, 0.05) is 5.56 Å². The van der Waals surface area contributed by atoms with Crippen molar-refractivity contribution < 1.29 is 23.5 Å². The molecule has 0 radical (unpaired) electrons. The van der Waals surface area contributed by atoms with Crippen LogP contribution in [0.4, 0.5) is 6.01 Å². The third kappa shape index (κ3) is 5.82. The molecule has 1 heterocycles. The number of aryl methyl sites for hydroxylation is 1. The SMILES string of the molecule is Cc1cccc(COc2ccccc2C(=O)OCC(=O)Nc2nnc(-c3ccccc3)o2)c1. The van der Waals surface area contributed by atoms with Crippen molar-refractivity contribution in [2.24, 2.45) is 0 Å². The van der Waals surface area contributed by atoms with Gasteiger partial charge < -0.3 is 13.9 Å². The molecule has 1 aromatic heterocycles. The standard InChI is InChI=1S/C25H21N3O5/c1-17-8-7-9-18(14-17)15-31-21-13-6-5-12-20(21)24(30)32-16-22(29)26-25-28-27-23(33-25)19-10-3-2-4-11-19/h2-14H,15-16H2,1H3,(H,26,28,29). The van der Waals surface area contributed by atoms with Gasteiger partial charge in [-0.15, -0.1) is 5.10 Å². The van der Waals surface area contributed by atoms with Gasteiger partial charge in [-0.3, -0.25) is 10.1 Å². The molecule has 3 aromatic carbocycles. The van der Waals surface area contributed by atoms with E-state index in [0.29, 0.717) is 12.4 Å². The summed E-state index contributed by atoms with van der Waals surface area (Å²) in [5, 5.41) is 10.1. The highest BCUT2D eigenvalue weighted by Crippen LogP contribution is 2.21. The molecule has 1 N–H and O–H groups in total. The van der Waals surface area contributed by atoms with Gasteiger partial charge in [-0.05, 0) is 36.8 Å². The number of anilines is 1. The van der Waals surface area contributed by atoms with Gasteiger partial charge in [0.05, 0.1) is 0 Å². The van der Waals surface area contributed by atoms with Crippen LogP contribution in [0, 0.1) is 6.92 Å². The zero-order chi connectivity index (χ0) is 23.0. The molecule has 0 atom stereocenters. The molecule has 0 bridgehead atoms. The molecule has 33 heavy (non-hydrogen) atoms. The van der Waals surface area contributed by atoms with Crippen molar-refractivity contribution in [1.82, 2.24) is 10.2 Å². The van der Waals surface area contributed by atoms with Gasteiger partial charge in [-0.2, -0.15) is 0 Å². The second-order valence-corrected chi connectivity index (χ2v) is 7.18. The summed E-state index contributed by atoms with van der Waals surface area (Å²) in [5.74, 6) is -0.651. The predicted octanol–water partition coefficient (Wildman–Crippen LogP) is 4.42. The maximum Gasteiger partial charge on any atom is 0.342 e. The molecule has 166 valence electrons. The summed E-state index contributed by atoms with van der Waals surface area (Å²) < 4.78 is 16.4. The Hall–Kier alpha value is -4.46. The van der Waals surface area contributed by atoms with E-state index < -0.39 is 18.5 Å². The lowest BCUT2D eigenvalue weighted by Crippen LogP contribution is -2.21. The highest BCUT2D eigenvalue weighted by atomic mass is 16.5. The molecule has 0 saturated carbocycles. The number of rotatable bonds is 8. The van der Waals surface area contributed by atoms with Crippen LogP contribution in [-0.4, -0.2) is 28.7 Å². The predicted molar refractivity (Wildman–Crippen MR) is 121 cm³/mol. The fraction of sp³-hybridized carbons (Fsp3) is 0.120. The molecule has 8 nitrogen and oxygen atoms in total. The highest BCUT2D eigenvalue weighted by molar-refractivity contribution is 5.96. The number of nitrogens with zero attached hydrogens (tertiary/aromatic N) is 2. The van der Waals surface area contributed by atoms with E-state index >= 15 is 0 Å². The molecule has 4 rings (SSSR count). The lowest BCUT2D eigenvalue weighted by Gasteiger charge is -2.11. The molecule has 0 aliphatic carbocycles. The summed E-state index contributed by atoms with van der Waals surface area (Å²) in [6.45, 7) is 1.78. The number of aromatic nitrogens is 2. The topological polar surface area (TPSA) is 104 Å². The highest BCUT2D eigenvalue weighted by Gasteiger charge is 2.17. The Kier molecular flexibility index (Phi) is 6.75. The second-order valence-electron chi connectivity index (χ2n) is 7.18. The number of nitrogens with one attached hydrogen (secondary N) is 1. The molecule has 0 aliphatic rings. The Morgan fingerprint density at radius 2 is 1.73 bits per heavy atom. The molecule has 0 fully saturated rings. The third-order valence-electron chi connectivity index (χ3n) is 4.61. The first-order valence-corrected chi connectivity index (χ1v) is 10.2. The minimum Gasteiger partial charge on any atom is -0.488 e. The molecule has 8 heteroatoms. The number of amides is 1. The lowest BCUT2D eigenvalue weighted by atomic mass is 10.1. The van der Waals surface area contributed by atoms with E-state index in [-0.39, 0.29) is 17.5 Å². The number of esters is 1. The Labute approximate surface area is 190 Å². The molecule has 0 spiro atoms. The van der Waals surface area contributed by atoms with Crippen LogP contribution < -0.4 is 10.1 Å². The second kappa shape index (κ2) is 10.2. The van der Waals surface area contributed by atoms with Crippen LogP contribution in [0.2, 0.25) is 0 Å². The molecular weight excluding hydrogens is 422 g/mol. The van der Waals surface area contributed by atoms with Crippen molar-refractivity contribution >= 4 is 17.9 Å². The largest absolute Gasteiger partial charge is 0.488 e. The van der Waals surface area contributed by atoms with Crippen LogP contribution in [0.3, 0.4) is 0 Å². The van der Waals surface area contributed by atoms with Crippen LogP contribution in [0.25, 0.3) is 11.5 Å². The van der Waals surface area contributed by atoms with Gasteiger partial charge in [-0.1, -0.05) is 65.3 Å². The fourth-order valence-corrected chi connectivity index (χ4v) is 3.06. The molecule has 0 aliphatic heterocycles. The van der Waals surface area contributed by atoms with Gasteiger partial charge in [0.25, 0.3) is 5.91 Å². The Morgan fingerprint density at radius 3 is 2.55 bits per heavy atom. The number of hydrogen-bond acceptors (Lipinski definition) is 7. The number of hydrogen-bond donors (Lipinski definition) is 1. The number of carbonyl (C=O) groups excluding carboxylic acids is 2. The Balaban J connectivity index is 1.32. The number of ether oxygens (including phenoxy) is 2. The first-order chi connectivity index (χ1) is 16.1. The molecule has 4 aromatic rings. The van der Waals surface area contributed by atoms with Gasteiger partial charge >= 0.3 is 12.0 Å². The van der Waals surface area contributed by atoms with E-state index in [2.05, 4.69) is 15.5 Å². The molecule has 1 amide bonds. The minimum absolute atomic E-state index is 0.0863. The van der Waals surface area contributed by atoms with Crippen LogP contribution in [-0.2, 0) is 16.1 Å². The van der Waals surface area contributed by atoms with Crippen molar-refractivity contribution in [1.29, 1.82) is 0 Å². The summed E-state index contributed by atoms with van der Waals surface area (Å²) >= 11 is 0. The number of carbonyl (C=O) groups is 2. The summed E-state index contributed by atoms with van der Waals surface area (Å²) in [5.41, 5.74) is 3.04. The fourth-order valence-electron chi connectivity index (χ4n) is 3.06. The van der Waals surface area contributed by atoms with Crippen LogP contribution >= 0.6 is 0 Å². The van der Waals surface area contributed by atoms with E-state index in [1.54, 1.807) is 36.4 Å². The molecular formula is C25H21N3O5. The van der Waals surface area contributed by atoms with Crippen LogP contribution in [0.5, 0.6) is 5.75 Å². The zero-order valence-electron chi connectivity index (χ0n) is 17.9. The third-order valence-corrected chi connectivity index (χ3v) is 4.61. The average molecular weight is 443 g/mol. The zero-order valence-corrected chi connectivity index (χ0v) is 17.9. The molecule has 0 saturated heterocycles.